The second-order valence-corrected chi connectivity index (χ2v) is 6.37. The van der Waals surface area contributed by atoms with Crippen LogP contribution in [0.4, 0.5) is 13.2 Å². The van der Waals surface area contributed by atoms with E-state index in [1.54, 1.807) is 12.3 Å². The van der Waals surface area contributed by atoms with Gasteiger partial charge in [0.2, 0.25) is 0 Å². The molecule has 25 heavy (non-hydrogen) atoms. The normalized spacial score (nSPS) is 21.8. The van der Waals surface area contributed by atoms with Crippen molar-refractivity contribution >= 4 is 0 Å². The van der Waals surface area contributed by atoms with Gasteiger partial charge in [-0.1, -0.05) is 18.2 Å². The SMILES string of the molecule is CCn1nccc1CCN1CC(O)CC1c1ccccc1C(F)(F)F. The molecule has 2 unspecified atom stereocenters. The number of likely N-dealkylation sites (tertiary alicyclic amines) is 1. The zero-order valence-electron chi connectivity index (χ0n) is 14.1. The van der Waals surface area contributed by atoms with Gasteiger partial charge in [0.15, 0.2) is 0 Å². The first kappa shape index (κ1) is 17.9. The van der Waals surface area contributed by atoms with Crippen LogP contribution in [0.15, 0.2) is 36.5 Å². The van der Waals surface area contributed by atoms with E-state index in [4.69, 9.17) is 0 Å². The Kier molecular flexibility index (Phi) is 5.15. The summed E-state index contributed by atoms with van der Waals surface area (Å²) in [6.07, 6.45) is -2.27. The quantitative estimate of drug-likeness (QED) is 0.897. The van der Waals surface area contributed by atoms with Gasteiger partial charge in [-0.2, -0.15) is 18.3 Å². The lowest BCUT2D eigenvalue weighted by molar-refractivity contribution is -0.138. The summed E-state index contributed by atoms with van der Waals surface area (Å²) in [5.41, 5.74) is 0.681. The van der Waals surface area contributed by atoms with Gasteiger partial charge in [0.25, 0.3) is 0 Å². The van der Waals surface area contributed by atoms with E-state index in [1.807, 2.05) is 22.6 Å². The molecule has 2 atom stereocenters. The maximum absolute atomic E-state index is 13.3. The number of β-amino-alcohol motifs (C(OH)–C–C–N with tert-alkyl or cyclic N) is 1. The number of hydrogen-bond acceptors (Lipinski definition) is 3. The molecule has 1 saturated heterocycles. The molecular weight excluding hydrogens is 331 g/mol. The van der Waals surface area contributed by atoms with Crippen molar-refractivity contribution in [2.24, 2.45) is 0 Å². The van der Waals surface area contributed by atoms with E-state index < -0.39 is 23.9 Å². The number of aliphatic hydroxyl groups excluding tert-OH is 1. The number of hydrogen-bond donors (Lipinski definition) is 1. The lowest BCUT2D eigenvalue weighted by Crippen LogP contribution is -2.29. The van der Waals surface area contributed by atoms with Crippen LogP contribution in [0.2, 0.25) is 0 Å². The van der Waals surface area contributed by atoms with Gasteiger partial charge in [-0.3, -0.25) is 9.58 Å². The molecule has 3 rings (SSSR count). The van der Waals surface area contributed by atoms with E-state index >= 15 is 0 Å². The molecule has 136 valence electrons. The Morgan fingerprint density at radius 2 is 2.00 bits per heavy atom. The fourth-order valence-corrected chi connectivity index (χ4v) is 3.61. The number of aryl methyl sites for hydroxylation is 1. The lowest BCUT2D eigenvalue weighted by atomic mass is 9.97. The fraction of sp³-hybridized carbons (Fsp3) is 0.500. The van der Waals surface area contributed by atoms with Crippen molar-refractivity contribution in [3.05, 3.63) is 53.3 Å². The van der Waals surface area contributed by atoms with Crippen molar-refractivity contribution in [2.45, 2.75) is 44.6 Å². The highest BCUT2D eigenvalue weighted by Gasteiger charge is 2.39. The highest BCUT2D eigenvalue weighted by Crippen LogP contribution is 2.40. The number of aromatic nitrogens is 2. The predicted molar refractivity (Wildman–Crippen MR) is 88.0 cm³/mol. The van der Waals surface area contributed by atoms with Gasteiger partial charge in [-0.25, -0.2) is 0 Å². The molecule has 1 N–H and O–H groups in total. The maximum Gasteiger partial charge on any atom is 0.416 e. The summed E-state index contributed by atoms with van der Waals surface area (Å²) in [6, 6.07) is 7.17. The van der Waals surface area contributed by atoms with Crippen LogP contribution in [0.1, 0.15) is 36.2 Å². The van der Waals surface area contributed by atoms with Gasteiger partial charge in [-0.15, -0.1) is 0 Å². The first-order valence-electron chi connectivity index (χ1n) is 8.49. The topological polar surface area (TPSA) is 41.3 Å². The van der Waals surface area contributed by atoms with Crippen molar-refractivity contribution in [3.8, 4) is 0 Å². The average molecular weight is 353 g/mol. The van der Waals surface area contributed by atoms with E-state index in [-0.39, 0.29) is 5.56 Å². The third kappa shape index (κ3) is 3.88. The van der Waals surface area contributed by atoms with E-state index in [9.17, 15) is 18.3 Å². The Hall–Kier alpha value is -1.86. The van der Waals surface area contributed by atoms with E-state index in [0.29, 0.717) is 25.9 Å². The lowest BCUT2D eigenvalue weighted by Gasteiger charge is -2.27. The molecule has 2 heterocycles. The summed E-state index contributed by atoms with van der Waals surface area (Å²) >= 11 is 0. The molecule has 2 aromatic rings. The molecule has 1 aromatic heterocycles. The highest BCUT2D eigenvalue weighted by molar-refractivity contribution is 5.33. The predicted octanol–water partition coefficient (Wildman–Crippen LogP) is 3.27. The minimum absolute atomic E-state index is 0.246. The van der Waals surface area contributed by atoms with Crippen LogP contribution >= 0.6 is 0 Å². The van der Waals surface area contributed by atoms with Crippen LogP contribution in [0, 0.1) is 0 Å². The molecular formula is C18H22F3N3O. The number of halogens is 3. The molecule has 0 amide bonds. The van der Waals surface area contributed by atoms with Gasteiger partial charge in [0.05, 0.1) is 11.7 Å². The fourth-order valence-electron chi connectivity index (χ4n) is 3.61. The largest absolute Gasteiger partial charge is 0.416 e. The Labute approximate surface area is 144 Å². The van der Waals surface area contributed by atoms with Gasteiger partial charge >= 0.3 is 6.18 Å². The summed E-state index contributed by atoms with van der Waals surface area (Å²) in [7, 11) is 0. The molecule has 0 radical (unpaired) electrons. The Morgan fingerprint density at radius 1 is 1.24 bits per heavy atom. The molecule has 1 aliphatic heterocycles. The summed E-state index contributed by atoms with van der Waals surface area (Å²) in [5, 5.41) is 14.3. The first-order chi connectivity index (χ1) is 11.9. The zero-order valence-corrected chi connectivity index (χ0v) is 14.1. The highest BCUT2D eigenvalue weighted by atomic mass is 19.4. The van der Waals surface area contributed by atoms with Crippen LogP contribution in [0.5, 0.6) is 0 Å². The standard InChI is InChI=1S/C18H22F3N3O/c1-2-24-13(7-9-22-24)8-10-23-12-14(25)11-17(23)15-5-3-4-6-16(15)18(19,20)21/h3-7,9,14,17,25H,2,8,10-12H2,1H3. The zero-order chi connectivity index (χ0) is 18.0. The Morgan fingerprint density at radius 3 is 2.72 bits per heavy atom. The molecule has 4 nitrogen and oxygen atoms in total. The van der Waals surface area contributed by atoms with Crippen LogP contribution in [-0.2, 0) is 19.1 Å². The molecule has 0 saturated carbocycles. The second kappa shape index (κ2) is 7.17. The van der Waals surface area contributed by atoms with Crippen molar-refractivity contribution in [1.29, 1.82) is 0 Å². The Bertz CT molecular complexity index is 714. The van der Waals surface area contributed by atoms with Crippen molar-refractivity contribution in [1.82, 2.24) is 14.7 Å². The maximum atomic E-state index is 13.3. The smallest absolute Gasteiger partial charge is 0.392 e. The third-order valence-corrected chi connectivity index (χ3v) is 4.77. The van der Waals surface area contributed by atoms with Gasteiger partial charge in [-0.05, 0) is 31.0 Å². The minimum Gasteiger partial charge on any atom is -0.392 e. The van der Waals surface area contributed by atoms with E-state index in [2.05, 4.69) is 5.10 Å². The van der Waals surface area contributed by atoms with Gasteiger partial charge < -0.3 is 5.11 Å². The monoisotopic (exact) mass is 353 g/mol. The number of aliphatic hydroxyl groups is 1. The molecule has 0 spiro atoms. The molecule has 0 aliphatic carbocycles. The molecule has 1 fully saturated rings. The summed E-state index contributed by atoms with van der Waals surface area (Å²) in [6.45, 7) is 3.72. The molecule has 1 aromatic carbocycles. The summed E-state index contributed by atoms with van der Waals surface area (Å²) in [4.78, 5) is 1.95. The van der Waals surface area contributed by atoms with Crippen LogP contribution < -0.4 is 0 Å². The van der Waals surface area contributed by atoms with Crippen LogP contribution in [-0.4, -0.2) is 39.0 Å². The van der Waals surface area contributed by atoms with E-state index in [1.165, 1.54) is 12.1 Å². The number of benzene rings is 1. The van der Waals surface area contributed by atoms with Gasteiger partial charge in [0.1, 0.15) is 0 Å². The molecule has 0 bridgehead atoms. The van der Waals surface area contributed by atoms with Gasteiger partial charge in [0, 0.05) is 44.0 Å². The molecule has 1 aliphatic rings. The minimum atomic E-state index is -4.39. The van der Waals surface area contributed by atoms with Crippen LogP contribution in [0.3, 0.4) is 0 Å². The van der Waals surface area contributed by atoms with Crippen LogP contribution in [0.25, 0.3) is 0 Å². The van der Waals surface area contributed by atoms with Crippen molar-refractivity contribution < 1.29 is 18.3 Å². The molecule has 7 heteroatoms. The average Bonchev–Trinajstić information content (AvgIpc) is 3.17. The van der Waals surface area contributed by atoms with E-state index in [0.717, 1.165) is 18.3 Å². The third-order valence-electron chi connectivity index (χ3n) is 4.77. The summed E-state index contributed by atoms with van der Waals surface area (Å²) in [5.74, 6) is 0. The number of nitrogens with zero attached hydrogens (tertiary/aromatic N) is 3. The second-order valence-electron chi connectivity index (χ2n) is 6.37. The number of rotatable bonds is 5. The Balaban J connectivity index is 1.81. The van der Waals surface area contributed by atoms with Crippen molar-refractivity contribution in [3.63, 3.8) is 0 Å². The van der Waals surface area contributed by atoms with Crippen molar-refractivity contribution in [2.75, 3.05) is 13.1 Å². The summed E-state index contributed by atoms with van der Waals surface area (Å²) < 4.78 is 41.9. The number of alkyl halides is 3. The first-order valence-corrected chi connectivity index (χ1v) is 8.49.